The molecule has 1 fully saturated rings. The number of carbonyl (C=O) groups is 2. The summed E-state index contributed by atoms with van der Waals surface area (Å²) in [6.07, 6.45) is 3.23. The van der Waals surface area contributed by atoms with Gasteiger partial charge in [0.05, 0.1) is 16.3 Å². The molecule has 1 aliphatic heterocycles. The highest BCUT2D eigenvalue weighted by Gasteiger charge is 2.21. The zero-order chi connectivity index (χ0) is 17.8. The van der Waals surface area contributed by atoms with Gasteiger partial charge in [0.25, 0.3) is 11.8 Å². The van der Waals surface area contributed by atoms with Crippen molar-refractivity contribution < 1.29 is 9.59 Å². The first-order chi connectivity index (χ1) is 12.1. The van der Waals surface area contributed by atoms with Crippen molar-refractivity contribution in [2.75, 3.05) is 18.4 Å². The second kappa shape index (κ2) is 8.19. The second-order valence-corrected chi connectivity index (χ2v) is 7.55. The molecule has 2 aromatic carbocycles. The van der Waals surface area contributed by atoms with E-state index in [1.165, 1.54) is 0 Å². The molecule has 4 nitrogen and oxygen atoms in total. The summed E-state index contributed by atoms with van der Waals surface area (Å²) in [7, 11) is 0. The normalized spacial score (nSPS) is 14.2. The molecule has 0 spiro atoms. The summed E-state index contributed by atoms with van der Waals surface area (Å²) in [6.45, 7) is 1.55. The molecule has 130 valence electrons. The predicted molar refractivity (Wildman–Crippen MR) is 108 cm³/mol. The topological polar surface area (TPSA) is 49.4 Å². The van der Waals surface area contributed by atoms with Gasteiger partial charge in [0, 0.05) is 22.2 Å². The highest BCUT2D eigenvalue weighted by atomic mass is 127. The molecule has 0 saturated carbocycles. The van der Waals surface area contributed by atoms with Gasteiger partial charge in [-0.2, -0.15) is 0 Å². The summed E-state index contributed by atoms with van der Waals surface area (Å²) in [5.74, 6) is -0.283. The smallest absolute Gasteiger partial charge is 0.255 e. The van der Waals surface area contributed by atoms with Crippen LogP contribution in [0.3, 0.4) is 0 Å². The van der Waals surface area contributed by atoms with Gasteiger partial charge in [-0.15, -0.1) is 0 Å². The first kappa shape index (κ1) is 18.2. The van der Waals surface area contributed by atoms with Crippen LogP contribution in [0.1, 0.15) is 40.0 Å². The molecular formula is C19H18ClIN2O2. The Morgan fingerprint density at radius 1 is 1.04 bits per heavy atom. The van der Waals surface area contributed by atoms with Gasteiger partial charge in [-0.05, 0) is 72.2 Å². The summed E-state index contributed by atoms with van der Waals surface area (Å²) in [5.41, 5.74) is 1.57. The van der Waals surface area contributed by atoms with Crippen LogP contribution in [-0.4, -0.2) is 29.8 Å². The van der Waals surface area contributed by atoms with E-state index in [9.17, 15) is 9.59 Å². The molecule has 1 N–H and O–H groups in total. The van der Waals surface area contributed by atoms with Gasteiger partial charge in [-0.1, -0.05) is 23.7 Å². The zero-order valence-electron chi connectivity index (χ0n) is 13.6. The minimum atomic E-state index is -0.256. The molecule has 0 atom stereocenters. The van der Waals surface area contributed by atoms with E-state index < -0.39 is 0 Å². The van der Waals surface area contributed by atoms with Crippen molar-refractivity contribution in [2.24, 2.45) is 0 Å². The molecule has 0 aliphatic carbocycles. The highest BCUT2D eigenvalue weighted by molar-refractivity contribution is 14.1. The van der Waals surface area contributed by atoms with Gasteiger partial charge in [0.2, 0.25) is 0 Å². The van der Waals surface area contributed by atoms with Crippen LogP contribution in [0, 0.1) is 3.57 Å². The Morgan fingerprint density at radius 2 is 1.76 bits per heavy atom. The average molecular weight is 469 g/mol. The van der Waals surface area contributed by atoms with Gasteiger partial charge >= 0.3 is 0 Å². The maximum absolute atomic E-state index is 12.8. The number of likely N-dealkylation sites (tertiary alicyclic amines) is 1. The number of piperidine rings is 1. The number of carbonyl (C=O) groups excluding carboxylic acids is 2. The third-order valence-corrected chi connectivity index (χ3v) is 5.77. The number of halogens is 2. The molecular weight excluding hydrogens is 451 g/mol. The number of hydrogen-bond donors (Lipinski definition) is 1. The fourth-order valence-electron chi connectivity index (χ4n) is 2.88. The number of nitrogens with one attached hydrogen (secondary N) is 1. The van der Waals surface area contributed by atoms with E-state index in [4.69, 9.17) is 11.6 Å². The van der Waals surface area contributed by atoms with Crippen molar-refractivity contribution in [2.45, 2.75) is 19.3 Å². The number of hydrogen-bond acceptors (Lipinski definition) is 2. The fraction of sp³-hybridized carbons (Fsp3) is 0.263. The Hall–Kier alpha value is -1.60. The van der Waals surface area contributed by atoms with Crippen LogP contribution in [0.5, 0.6) is 0 Å². The molecule has 0 aromatic heterocycles. The third-order valence-electron chi connectivity index (χ3n) is 4.23. The third kappa shape index (κ3) is 4.33. The van der Waals surface area contributed by atoms with Gasteiger partial charge in [-0.25, -0.2) is 0 Å². The maximum atomic E-state index is 12.8. The molecule has 0 bridgehead atoms. The van der Waals surface area contributed by atoms with Crippen molar-refractivity contribution in [1.82, 2.24) is 4.90 Å². The van der Waals surface area contributed by atoms with Crippen LogP contribution in [-0.2, 0) is 0 Å². The van der Waals surface area contributed by atoms with Crippen molar-refractivity contribution in [3.63, 3.8) is 0 Å². The summed E-state index contributed by atoms with van der Waals surface area (Å²) in [5, 5.41) is 3.47. The number of anilines is 1. The Labute approximate surface area is 165 Å². The van der Waals surface area contributed by atoms with E-state index in [0.717, 1.165) is 35.9 Å². The van der Waals surface area contributed by atoms with Crippen LogP contribution in [0.15, 0.2) is 42.5 Å². The number of rotatable bonds is 3. The average Bonchev–Trinajstić information content (AvgIpc) is 2.64. The summed E-state index contributed by atoms with van der Waals surface area (Å²) in [6, 6.07) is 12.3. The van der Waals surface area contributed by atoms with Crippen LogP contribution in [0.25, 0.3) is 0 Å². The predicted octanol–water partition coefficient (Wildman–Crippen LogP) is 4.82. The molecule has 1 saturated heterocycles. The van der Waals surface area contributed by atoms with E-state index in [1.54, 1.807) is 30.3 Å². The molecule has 0 unspecified atom stereocenters. The highest BCUT2D eigenvalue weighted by Crippen LogP contribution is 2.23. The number of para-hydroxylation sites is 1. The Balaban J connectivity index is 1.81. The first-order valence-corrected chi connectivity index (χ1v) is 9.66. The first-order valence-electron chi connectivity index (χ1n) is 8.21. The molecule has 6 heteroatoms. The lowest BCUT2D eigenvalue weighted by atomic mass is 10.1. The Morgan fingerprint density at radius 3 is 2.48 bits per heavy atom. The molecule has 25 heavy (non-hydrogen) atoms. The van der Waals surface area contributed by atoms with Crippen LogP contribution >= 0.6 is 34.2 Å². The molecule has 2 aromatic rings. The summed E-state index contributed by atoms with van der Waals surface area (Å²) >= 11 is 8.10. The van der Waals surface area contributed by atoms with Crippen molar-refractivity contribution in [3.8, 4) is 0 Å². The van der Waals surface area contributed by atoms with Crippen LogP contribution < -0.4 is 5.32 Å². The van der Waals surface area contributed by atoms with Crippen molar-refractivity contribution in [1.29, 1.82) is 0 Å². The minimum absolute atomic E-state index is 0.0266. The minimum Gasteiger partial charge on any atom is -0.339 e. The maximum Gasteiger partial charge on any atom is 0.255 e. The lowest BCUT2D eigenvalue weighted by molar-refractivity contribution is 0.0725. The van der Waals surface area contributed by atoms with Crippen LogP contribution in [0.2, 0.25) is 5.02 Å². The van der Waals surface area contributed by atoms with Crippen LogP contribution in [0.4, 0.5) is 5.69 Å². The molecule has 1 heterocycles. The molecule has 3 rings (SSSR count). The quantitative estimate of drug-likeness (QED) is 0.657. The Bertz CT molecular complexity index is 804. The van der Waals surface area contributed by atoms with Gasteiger partial charge in [0.1, 0.15) is 0 Å². The van der Waals surface area contributed by atoms with E-state index in [0.29, 0.717) is 21.8 Å². The molecule has 2 amide bonds. The second-order valence-electron chi connectivity index (χ2n) is 5.98. The summed E-state index contributed by atoms with van der Waals surface area (Å²) < 4.78 is 0.810. The molecule has 1 aliphatic rings. The van der Waals surface area contributed by atoms with E-state index in [2.05, 4.69) is 27.9 Å². The largest absolute Gasteiger partial charge is 0.339 e. The zero-order valence-corrected chi connectivity index (χ0v) is 16.5. The van der Waals surface area contributed by atoms with E-state index >= 15 is 0 Å². The lowest BCUT2D eigenvalue weighted by Crippen LogP contribution is -2.36. The van der Waals surface area contributed by atoms with E-state index in [1.807, 2.05) is 17.0 Å². The van der Waals surface area contributed by atoms with Gasteiger partial charge < -0.3 is 10.2 Å². The Kier molecular flexibility index (Phi) is 5.96. The van der Waals surface area contributed by atoms with Gasteiger partial charge in [0.15, 0.2) is 0 Å². The van der Waals surface area contributed by atoms with E-state index in [-0.39, 0.29) is 11.8 Å². The standard InChI is InChI=1S/C19H18ClIN2O2/c20-15-9-8-13(12-16(15)21)18(24)22-17-7-3-2-6-14(17)19(25)23-10-4-1-5-11-23/h2-3,6-9,12H,1,4-5,10-11H2,(H,22,24). The molecule has 0 radical (unpaired) electrons. The SMILES string of the molecule is O=C(Nc1ccccc1C(=O)N1CCCCC1)c1ccc(Cl)c(I)c1. The van der Waals surface area contributed by atoms with Gasteiger partial charge in [-0.3, -0.25) is 9.59 Å². The van der Waals surface area contributed by atoms with Crippen molar-refractivity contribution >= 4 is 51.7 Å². The van der Waals surface area contributed by atoms with Crippen molar-refractivity contribution in [3.05, 3.63) is 62.2 Å². The fourth-order valence-corrected chi connectivity index (χ4v) is 3.51. The summed E-state index contributed by atoms with van der Waals surface area (Å²) in [4.78, 5) is 27.2. The number of benzene rings is 2. The monoisotopic (exact) mass is 468 g/mol. The lowest BCUT2D eigenvalue weighted by Gasteiger charge is -2.27. The number of nitrogens with zero attached hydrogens (tertiary/aromatic N) is 1. The number of amides is 2.